The molecule has 1 heterocycles. The molecule has 0 aliphatic heterocycles. The zero-order valence-electron chi connectivity index (χ0n) is 19.5. The molecule has 33 heavy (non-hydrogen) atoms. The van der Waals surface area contributed by atoms with E-state index in [0.717, 1.165) is 27.5 Å². The van der Waals surface area contributed by atoms with Crippen molar-refractivity contribution in [2.45, 2.75) is 32.2 Å². The van der Waals surface area contributed by atoms with Gasteiger partial charge in [-0.1, -0.05) is 26.0 Å². The van der Waals surface area contributed by atoms with Gasteiger partial charge in [0.1, 0.15) is 5.75 Å². The van der Waals surface area contributed by atoms with Gasteiger partial charge in [-0.15, -0.1) is 11.3 Å². The lowest BCUT2D eigenvalue weighted by Gasteiger charge is -2.18. The van der Waals surface area contributed by atoms with Crippen LogP contribution in [0.5, 0.6) is 5.75 Å². The van der Waals surface area contributed by atoms with Crippen LogP contribution in [0, 0.1) is 0 Å². The first-order valence-electron chi connectivity index (χ1n) is 11.0. The van der Waals surface area contributed by atoms with Gasteiger partial charge in [-0.25, -0.2) is 13.4 Å². The average Bonchev–Trinajstić information content (AvgIpc) is 3.22. The summed E-state index contributed by atoms with van der Waals surface area (Å²) in [5.74, 6) is 0.815. The van der Waals surface area contributed by atoms with E-state index in [-0.39, 0.29) is 0 Å². The van der Waals surface area contributed by atoms with Crippen LogP contribution in [0.2, 0.25) is 0 Å². The lowest BCUT2D eigenvalue weighted by atomic mass is 10.2. The normalized spacial score (nSPS) is 12.5. The van der Waals surface area contributed by atoms with Crippen molar-refractivity contribution in [3.05, 3.63) is 58.7 Å². The molecule has 0 saturated heterocycles. The van der Waals surface area contributed by atoms with Gasteiger partial charge in [-0.05, 0) is 48.9 Å². The molecule has 0 aliphatic carbocycles. The van der Waals surface area contributed by atoms with E-state index < -0.39 is 10.0 Å². The molecule has 0 amide bonds. The van der Waals surface area contributed by atoms with Crippen molar-refractivity contribution in [1.29, 1.82) is 0 Å². The van der Waals surface area contributed by atoms with Gasteiger partial charge in [0.2, 0.25) is 10.0 Å². The molecule has 1 aromatic heterocycles. The molecule has 0 bridgehead atoms. The Balaban J connectivity index is 1.97. The van der Waals surface area contributed by atoms with E-state index in [1.807, 2.05) is 62.5 Å². The van der Waals surface area contributed by atoms with Crippen LogP contribution in [-0.2, 0) is 21.3 Å². The summed E-state index contributed by atoms with van der Waals surface area (Å²) in [6, 6.07) is 14.7. The fourth-order valence-electron chi connectivity index (χ4n) is 3.45. The molecule has 0 radical (unpaired) electrons. The average molecular weight is 490 g/mol. The molecule has 0 spiro atoms. The van der Waals surface area contributed by atoms with Gasteiger partial charge >= 0.3 is 0 Å². The van der Waals surface area contributed by atoms with Crippen LogP contribution in [0.15, 0.2) is 63.8 Å². The number of methoxy groups -OCH3 is 1. The summed E-state index contributed by atoms with van der Waals surface area (Å²) >= 11 is 1.54. The maximum atomic E-state index is 12.8. The van der Waals surface area contributed by atoms with Crippen molar-refractivity contribution in [2.75, 3.05) is 33.4 Å². The SMILES string of the molecule is CCOc1ccc(N=c2scc(-c3ccc(S(=O)(=O)N(CC)CC)cc3)n2CCOC)cc1. The molecule has 0 unspecified atom stereocenters. The van der Waals surface area contributed by atoms with E-state index in [1.165, 1.54) is 15.6 Å². The van der Waals surface area contributed by atoms with Crippen molar-refractivity contribution in [1.82, 2.24) is 8.87 Å². The highest BCUT2D eigenvalue weighted by atomic mass is 32.2. The molecular formula is C24H31N3O4S2. The smallest absolute Gasteiger partial charge is 0.243 e. The number of nitrogens with zero attached hydrogens (tertiary/aromatic N) is 3. The lowest BCUT2D eigenvalue weighted by Crippen LogP contribution is -2.30. The quantitative estimate of drug-likeness (QED) is 0.397. The summed E-state index contributed by atoms with van der Waals surface area (Å²) in [5.41, 5.74) is 2.72. The van der Waals surface area contributed by atoms with Gasteiger partial charge < -0.3 is 14.0 Å². The number of hydrogen-bond donors (Lipinski definition) is 0. The third-order valence-corrected chi connectivity index (χ3v) is 8.11. The Hall–Kier alpha value is -2.46. The molecule has 2 aromatic carbocycles. The van der Waals surface area contributed by atoms with Crippen molar-refractivity contribution in [3.8, 4) is 17.0 Å². The Labute approximate surface area is 200 Å². The lowest BCUT2D eigenvalue weighted by molar-refractivity contribution is 0.187. The Morgan fingerprint density at radius 2 is 1.67 bits per heavy atom. The molecule has 0 saturated carbocycles. The van der Waals surface area contributed by atoms with E-state index in [4.69, 9.17) is 14.5 Å². The van der Waals surface area contributed by atoms with Crippen LogP contribution in [-0.4, -0.2) is 50.7 Å². The van der Waals surface area contributed by atoms with Gasteiger partial charge in [0, 0.05) is 32.1 Å². The summed E-state index contributed by atoms with van der Waals surface area (Å²) in [6.45, 7) is 8.31. The number of sulfonamides is 1. The van der Waals surface area contributed by atoms with Crippen molar-refractivity contribution in [2.24, 2.45) is 4.99 Å². The van der Waals surface area contributed by atoms with Crippen molar-refractivity contribution < 1.29 is 17.9 Å². The van der Waals surface area contributed by atoms with E-state index in [0.29, 0.717) is 37.7 Å². The molecule has 0 N–H and O–H groups in total. The second kappa shape index (κ2) is 11.6. The Kier molecular flexibility index (Phi) is 8.85. The summed E-state index contributed by atoms with van der Waals surface area (Å²) in [5, 5.41) is 2.04. The fraction of sp³-hybridized carbons (Fsp3) is 0.375. The monoisotopic (exact) mass is 489 g/mol. The highest BCUT2D eigenvalue weighted by Gasteiger charge is 2.21. The van der Waals surface area contributed by atoms with Crippen LogP contribution in [0.25, 0.3) is 11.3 Å². The first-order chi connectivity index (χ1) is 15.9. The predicted octanol–water partition coefficient (Wildman–Crippen LogP) is 4.52. The zero-order chi connectivity index (χ0) is 23.8. The molecular weight excluding hydrogens is 458 g/mol. The summed E-state index contributed by atoms with van der Waals surface area (Å²) in [6.07, 6.45) is 0. The number of thiazole rings is 1. The standard InChI is InChI=1S/C24H31N3O4S2/c1-5-26(6-2)33(28,29)22-14-8-19(9-15-22)23-18-32-24(27(23)16-17-30-4)25-20-10-12-21(13-11-20)31-7-3/h8-15,18H,5-7,16-17H2,1-4H3. The summed E-state index contributed by atoms with van der Waals surface area (Å²) < 4.78 is 40.0. The van der Waals surface area contributed by atoms with Crippen molar-refractivity contribution in [3.63, 3.8) is 0 Å². The third-order valence-electron chi connectivity index (χ3n) is 5.18. The summed E-state index contributed by atoms with van der Waals surface area (Å²) in [4.78, 5) is 5.95. The van der Waals surface area contributed by atoms with E-state index in [9.17, 15) is 8.42 Å². The van der Waals surface area contributed by atoms with Gasteiger partial charge in [-0.2, -0.15) is 4.31 Å². The van der Waals surface area contributed by atoms with Crippen LogP contribution in [0.4, 0.5) is 5.69 Å². The topological polar surface area (TPSA) is 73.1 Å². The van der Waals surface area contributed by atoms with Crippen LogP contribution in [0.1, 0.15) is 20.8 Å². The van der Waals surface area contributed by atoms with Gasteiger partial charge in [-0.3, -0.25) is 0 Å². The highest BCUT2D eigenvalue weighted by Crippen LogP contribution is 2.25. The predicted molar refractivity (Wildman–Crippen MR) is 133 cm³/mol. The molecule has 7 nitrogen and oxygen atoms in total. The molecule has 0 aliphatic rings. The number of ether oxygens (including phenoxy) is 2. The molecule has 3 aromatic rings. The highest BCUT2D eigenvalue weighted by molar-refractivity contribution is 7.89. The van der Waals surface area contributed by atoms with Gasteiger partial charge in [0.25, 0.3) is 0 Å². The second-order valence-corrected chi connectivity index (χ2v) is 9.97. The fourth-order valence-corrected chi connectivity index (χ4v) is 5.87. The second-order valence-electron chi connectivity index (χ2n) is 7.20. The Morgan fingerprint density at radius 3 is 2.24 bits per heavy atom. The molecule has 0 fully saturated rings. The van der Waals surface area contributed by atoms with E-state index in [2.05, 4.69) is 4.57 Å². The maximum absolute atomic E-state index is 12.8. The van der Waals surface area contributed by atoms with Crippen LogP contribution >= 0.6 is 11.3 Å². The van der Waals surface area contributed by atoms with E-state index in [1.54, 1.807) is 19.2 Å². The molecule has 0 atom stereocenters. The number of benzene rings is 2. The Bertz CT molecular complexity index is 1190. The van der Waals surface area contributed by atoms with Crippen molar-refractivity contribution >= 4 is 27.0 Å². The van der Waals surface area contributed by atoms with Crippen LogP contribution < -0.4 is 9.54 Å². The molecule has 9 heteroatoms. The molecule has 3 rings (SSSR count). The third kappa shape index (κ3) is 5.92. The largest absolute Gasteiger partial charge is 0.494 e. The number of aromatic nitrogens is 1. The van der Waals surface area contributed by atoms with Gasteiger partial charge in [0.05, 0.1) is 29.5 Å². The minimum absolute atomic E-state index is 0.299. The minimum Gasteiger partial charge on any atom is -0.494 e. The summed E-state index contributed by atoms with van der Waals surface area (Å²) in [7, 11) is -1.82. The van der Waals surface area contributed by atoms with Gasteiger partial charge in [0.15, 0.2) is 4.80 Å². The van der Waals surface area contributed by atoms with E-state index >= 15 is 0 Å². The first-order valence-corrected chi connectivity index (χ1v) is 13.3. The zero-order valence-corrected chi connectivity index (χ0v) is 21.2. The Morgan fingerprint density at radius 1 is 1.00 bits per heavy atom. The first kappa shape index (κ1) is 25.2. The number of rotatable bonds is 11. The minimum atomic E-state index is -3.49. The molecule has 178 valence electrons. The maximum Gasteiger partial charge on any atom is 0.243 e. The van der Waals surface area contributed by atoms with Crippen LogP contribution in [0.3, 0.4) is 0 Å². The number of hydrogen-bond acceptors (Lipinski definition) is 6.